The molecule has 0 bridgehead atoms. The predicted octanol–water partition coefficient (Wildman–Crippen LogP) is 11.4. The summed E-state index contributed by atoms with van der Waals surface area (Å²) < 4.78 is 45.0. The van der Waals surface area contributed by atoms with Crippen LogP contribution in [-0.4, -0.2) is 353 Å². The molecule has 4 amide bonds. The van der Waals surface area contributed by atoms with Crippen LogP contribution in [0.5, 0.6) is 17.5 Å². The van der Waals surface area contributed by atoms with Gasteiger partial charge in [0.1, 0.15) is 23.8 Å². The molecule has 1 atom stereocenters. The van der Waals surface area contributed by atoms with E-state index in [0.29, 0.717) is 37.1 Å². The van der Waals surface area contributed by atoms with Crippen LogP contribution in [0.4, 0.5) is 82.7 Å². The fraction of sp³-hybridized carbons (Fsp3) is 0.465. The third-order valence-corrected chi connectivity index (χ3v) is 97.7. The number of alkyl halides is 3. The SMILES string of the molecule is C.C.C1CCOC1.C=CCCBr.C=CCCOc1cccnc1CO.C=CCO.C=CCOc1nc(N)c([N+](=O)[O-])c(NC(=O)OCC)n1.CCN(CC)CC.CCOC(=O)Nc1nc(S(C)=O)nc(N)c1[N+](=O)[O-].CCOC(=O)Nc1nc(SC)nc(Cl)c1[N+](=O)[O-].CCOC(=O)Nc1nc(SC)nc(N)c1[N+](=O)[O-].CCc1ncccc1O.Cl.ClCCl.I[I-]I(I)I.[H-].[K+].[K][K].[K][K].[V].[V]. The first-order valence-corrected chi connectivity index (χ1v) is 102. The van der Waals surface area contributed by atoms with E-state index in [2.05, 4.69) is 214 Å². The van der Waals surface area contributed by atoms with Gasteiger partial charge in [-0.25, -0.2) is 24.2 Å². The molecule has 0 aliphatic carbocycles. The van der Waals surface area contributed by atoms with Crippen LogP contribution in [0, 0.1) is 40.5 Å². The van der Waals surface area contributed by atoms with E-state index in [1.807, 2.05) is 13.0 Å². The Kier molecular flexibility index (Phi) is 140. The van der Waals surface area contributed by atoms with Crippen molar-refractivity contribution in [1.29, 1.82) is 0 Å². The van der Waals surface area contributed by atoms with Gasteiger partial charge in [0.05, 0.1) is 87.8 Å². The van der Waals surface area contributed by atoms with Crippen LogP contribution < -0.4 is 113 Å². The number of nitrogen functional groups attached to an aromatic ring is 3. The summed E-state index contributed by atoms with van der Waals surface area (Å²) in [5, 5.41) is 78.7. The minimum atomic E-state index is -1.61. The number of hydrogen-bond donors (Lipinski definition) is 10. The van der Waals surface area contributed by atoms with Crippen LogP contribution in [0.3, 0.4) is 0 Å². The molecule has 2 radical (unpaired) electrons. The number of aromatic nitrogens is 10. The van der Waals surface area contributed by atoms with E-state index in [4.69, 9.17) is 81.5 Å². The molecule has 1 saturated heterocycles. The van der Waals surface area contributed by atoms with Crippen LogP contribution >= 0.6 is 150 Å². The zero-order valence-corrected chi connectivity index (χ0v) is 113. The standard InChI is InChI=1S/C10H13N5O5.C10H13NO2.C8H9ClN4O4S.C8H11N5O5S.C8H11N5O4S.C7H9NO.C6H15N.C4H7Br.C4H8O.C3H6O.CH2Cl2.2CH4.ClH.I5.5K.2V.H/c1-3-5-20-9-12-7(11)6(15(17)18)8(13-9)14-10(16)19-4-2;1-2-3-7-13-10-5-4-6-11-9(10)8-12;1-3-17-8(14)12-6-4(13(15)16)5(9)10-7(11-6)18-2;1-3-18-8(14)12-6-4(13(15)16)5(9)10-7(11-6)19(2)17;1-3-17-8(14)12-6-4(13(15)16)5(9)10-7(11-6)18-2;1-2-6-7(9)4-3-5-8-6;1-4-7(5-2)6-3;1-2-3-4-5;1-2-4-5-3-1;1-2-3-4;2-1-3;;;;1-4-5(2)3;;;;;;;;/h3H,1,4-5H2,2H3,(H3,11,12,13,14,16);2,4-6,12H,1,3,7-8H2;3H2,1-2H3,(H,10,11,12,14);3H2,1-2H3,(H3,9,10,11,12,14);3H2,1-2H3,(H3,9,10,11,12,14);3-5,9H,2H2,1H3;4-6H2,1-3H3;2H,1,3-4H2;1-4H2;2,4H,1,3H2;1H2;2*1H4;1H;;;;;;;;;/q;;;;;;;;;;;;;;-1;;;;;+1;;;-1. The van der Waals surface area contributed by atoms with Crippen molar-refractivity contribution in [3.63, 3.8) is 0 Å². The van der Waals surface area contributed by atoms with E-state index < -0.39 is 101 Å². The van der Waals surface area contributed by atoms with Gasteiger partial charge in [0, 0.05) is 74.3 Å². The number of allylic oxidation sites excluding steroid dienone is 1. The van der Waals surface area contributed by atoms with Crippen LogP contribution in [0.2, 0.25) is 5.15 Å². The number of hydrogen-bond acceptors (Lipinski definition) is 39. The Labute approximate surface area is 1040 Å². The Morgan fingerprint density at radius 2 is 1.00 bits per heavy atom. The van der Waals surface area contributed by atoms with Crippen LogP contribution in [0.1, 0.15) is 109 Å². The van der Waals surface area contributed by atoms with Gasteiger partial charge < -0.3 is 72.0 Å². The van der Waals surface area contributed by atoms with E-state index in [-0.39, 0.29) is 221 Å². The smallest absolute Gasteiger partial charge is 0 e. The van der Waals surface area contributed by atoms with Crippen molar-refractivity contribution < 1.29 is 195 Å². The molecule has 1 aliphatic heterocycles. The van der Waals surface area contributed by atoms with E-state index in [9.17, 15) is 63.8 Å². The van der Waals surface area contributed by atoms with Gasteiger partial charge in [-0.3, -0.25) is 75.9 Å². The Morgan fingerprint density at radius 3 is 1.29 bits per heavy atom. The van der Waals surface area contributed by atoms with Crippen molar-refractivity contribution in [1.82, 2.24) is 54.7 Å². The summed E-state index contributed by atoms with van der Waals surface area (Å²) in [6.07, 6.45) is 16.1. The molecule has 7 heterocycles. The number of thioether (sulfide) groups is 2. The topological polar surface area (TPSA) is 642 Å². The first-order valence-electron chi connectivity index (χ1n) is 38.0. The molecule has 6 aromatic rings. The van der Waals surface area contributed by atoms with E-state index in [0.717, 1.165) is 67.0 Å². The summed E-state index contributed by atoms with van der Waals surface area (Å²) in [5.74, 6) is -1.73. The van der Waals surface area contributed by atoms with E-state index in [1.54, 1.807) is 82.9 Å². The Hall–Kier alpha value is 2.39. The molecule has 1 unspecified atom stereocenters. The number of aliphatic hydroxyl groups is 2. The second-order valence-electron chi connectivity index (χ2n) is 21.0. The maximum absolute atomic E-state index is 11.3. The van der Waals surface area contributed by atoms with Gasteiger partial charge in [0.15, 0.2) is 10.3 Å². The number of aliphatic hydroxyl groups excluding tert-OH is 2. The van der Waals surface area contributed by atoms with E-state index in [1.165, 1.54) is 177 Å². The van der Waals surface area contributed by atoms with Crippen LogP contribution in [-0.2, 0) is 84.6 Å². The number of halogens is 10. The fourth-order valence-electron chi connectivity index (χ4n) is 7.26. The maximum Gasteiger partial charge on any atom is 0 e. The number of nitrogens with one attached hydrogen (secondary N) is 4. The van der Waals surface area contributed by atoms with Crippen molar-refractivity contribution >= 4 is 375 Å². The summed E-state index contributed by atoms with van der Waals surface area (Å²) in [5.41, 5.74) is 15.2. The van der Waals surface area contributed by atoms with Gasteiger partial charge >= 0.3 is 308 Å². The number of carbonyl (C=O) groups excluding carboxylic acids is 4. The third-order valence-electron chi connectivity index (χ3n) is 12.6. The zero-order chi connectivity index (χ0) is 101. The minimum absolute atomic E-state index is 0. The summed E-state index contributed by atoms with van der Waals surface area (Å²) in [4.78, 5) is 125. The number of aryl methyl sites for hydroxylation is 1. The van der Waals surface area contributed by atoms with Crippen LogP contribution in [0.25, 0.3) is 0 Å². The third kappa shape index (κ3) is 87.1. The second-order valence-corrected chi connectivity index (χ2v) is 90.7. The molecule has 13 N–H and O–H groups in total. The number of nitrogens with zero attached hydrogens (tertiary/aromatic N) is 15. The molecule has 1 fully saturated rings. The first-order chi connectivity index (χ1) is 61.9. The number of nitrogens with two attached hydrogens (primary N) is 3. The number of pyridine rings is 2. The number of amides is 4. The van der Waals surface area contributed by atoms with Gasteiger partial charge in [0.25, 0.3) is 0 Å². The maximum atomic E-state index is 11.3. The summed E-state index contributed by atoms with van der Waals surface area (Å²) in [6, 6.07) is 6.71. The quantitative estimate of drug-likeness (QED) is 0.00165. The molecule has 45 nitrogen and oxygen atoms in total. The van der Waals surface area contributed by atoms with E-state index >= 15 is 0 Å². The van der Waals surface area contributed by atoms with Crippen molar-refractivity contribution in [2.75, 3.05) is 147 Å². The van der Waals surface area contributed by atoms with Crippen molar-refractivity contribution in [3.05, 3.63) is 144 Å². The average Bonchev–Trinajstić information content (AvgIpc) is 1.10. The molecule has 136 heavy (non-hydrogen) atoms. The monoisotopic (exact) mass is 2890 g/mol. The predicted molar refractivity (Wildman–Crippen MR) is 570 cm³/mol. The molecule has 0 aromatic carbocycles. The largest absolute Gasteiger partial charge is 0 e. The Morgan fingerprint density at radius 1 is 0.640 bits per heavy atom. The molecule has 7 rings (SSSR count). The normalized spacial score (nSPS) is 9.79. The van der Waals surface area contributed by atoms with Crippen LogP contribution in [0.15, 0.2) is 103 Å². The minimum Gasteiger partial charge on any atom is 0 e. The summed E-state index contributed by atoms with van der Waals surface area (Å²) >= 11 is 34.1. The van der Waals surface area contributed by atoms with Gasteiger partial charge in [-0.2, -0.15) is 34.9 Å². The second kappa shape index (κ2) is 115. The summed E-state index contributed by atoms with van der Waals surface area (Å²) in [6.45, 7) is 35.3. The Bertz CT molecular complexity index is 4210. The van der Waals surface area contributed by atoms with Crippen molar-refractivity contribution in [2.24, 2.45) is 0 Å². The van der Waals surface area contributed by atoms with Gasteiger partial charge in [-0.15, -0.1) is 55.3 Å². The number of carbonyl (C=O) groups is 4. The average molecular weight is 2890 g/mol. The van der Waals surface area contributed by atoms with Gasteiger partial charge in [0.2, 0.25) is 51.0 Å². The van der Waals surface area contributed by atoms with Gasteiger partial charge in [-0.1, -0.05) is 124 Å². The molecule has 65 heteroatoms. The number of anilines is 7. The molecule has 6 aromatic heterocycles. The first kappa shape index (κ1) is 166. The molecule has 0 spiro atoms. The molecule has 750 valence electrons. The summed E-state index contributed by atoms with van der Waals surface area (Å²) in [7, 11) is -1.85. The number of aromatic hydroxyl groups is 1. The number of nitro groups is 4. The number of rotatable bonds is 31. The molecular formula is C71H114BrCl4I5K5N22O23S3V2-. The van der Waals surface area contributed by atoms with Crippen molar-refractivity contribution in [2.45, 2.75) is 124 Å². The Balaban J connectivity index is -0.000000103. The fourth-order valence-corrected chi connectivity index (χ4v) is 9.06. The number of ether oxygens (including phenoxy) is 7. The molecule has 1 aliphatic rings. The molecule has 0 saturated carbocycles. The molecular weight excluding hydrogens is 2780 g/mol. The van der Waals surface area contributed by atoms with Gasteiger partial charge in [-0.05, 0) is 116 Å². The van der Waals surface area contributed by atoms with Crippen molar-refractivity contribution in [3.8, 4) is 17.5 Å². The zero-order valence-electron chi connectivity index (χ0n) is 77.6.